The summed E-state index contributed by atoms with van der Waals surface area (Å²) in [5.74, 6) is 0.485. The summed E-state index contributed by atoms with van der Waals surface area (Å²) in [5.41, 5.74) is 2.57. The molecule has 2 aliphatic rings. The van der Waals surface area contributed by atoms with Gasteiger partial charge in [-0.05, 0) is 49.2 Å². The molecule has 1 amide bonds. The van der Waals surface area contributed by atoms with E-state index in [2.05, 4.69) is 4.72 Å². The third-order valence-electron chi connectivity index (χ3n) is 5.24. The zero-order chi connectivity index (χ0) is 21.3. The zero-order valence-electron chi connectivity index (χ0n) is 16.9. The number of nitrogens with one attached hydrogen (secondary N) is 1. The molecule has 1 N–H and O–H groups in total. The Hall–Kier alpha value is -2.78. The Morgan fingerprint density at radius 1 is 1.03 bits per heavy atom. The van der Waals surface area contributed by atoms with Gasteiger partial charge in [0.15, 0.2) is 11.5 Å². The van der Waals surface area contributed by atoms with Gasteiger partial charge in [-0.15, -0.1) is 0 Å². The van der Waals surface area contributed by atoms with E-state index in [0.717, 1.165) is 11.1 Å². The molecular weight excluding hydrogens is 408 g/mol. The molecule has 2 aliphatic heterocycles. The van der Waals surface area contributed by atoms with Gasteiger partial charge >= 0.3 is 0 Å². The van der Waals surface area contributed by atoms with Gasteiger partial charge in [0.05, 0.1) is 18.1 Å². The van der Waals surface area contributed by atoms with Crippen molar-refractivity contribution in [3.05, 3.63) is 47.5 Å². The average molecular weight is 432 g/mol. The van der Waals surface area contributed by atoms with Crippen molar-refractivity contribution < 1.29 is 27.4 Å². The van der Waals surface area contributed by atoms with E-state index in [1.54, 1.807) is 17.0 Å². The number of nitrogens with zero attached hydrogens (tertiary/aromatic N) is 1. The van der Waals surface area contributed by atoms with Crippen molar-refractivity contribution in [1.29, 1.82) is 0 Å². The maximum absolute atomic E-state index is 12.8. The third kappa shape index (κ3) is 4.22. The fourth-order valence-electron chi connectivity index (χ4n) is 3.35. The molecule has 30 heavy (non-hydrogen) atoms. The molecule has 2 aromatic rings. The van der Waals surface area contributed by atoms with Gasteiger partial charge in [-0.25, -0.2) is 8.42 Å². The van der Waals surface area contributed by atoms with Crippen LogP contribution in [-0.4, -0.2) is 58.2 Å². The van der Waals surface area contributed by atoms with Crippen LogP contribution in [0.25, 0.3) is 0 Å². The predicted octanol–water partition coefficient (Wildman–Crippen LogP) is 2.10. The van der Waals surface area contributed by atoms with Crippen molar-refractivity contribution in [3.8, 4) is 11.5 Å². The highest BCUT2D eigenvalue weighted by Gasteiger charge is 2.32. The molecule has 4 rings (SSSR count). The minimum absolute atomic E-state index is 0.0251. The summed E-state index contributed by atoms with van der Waals surface area (Å²) in [5, 5.41) is 0. The van der Waals surface area contributed by atoms with Crippen LogP contribution in [0.3, 0.4) is 0 Å². The van der Waals surface area contributed by atoms with Crippen LogP contribution in [0.1, 0.15) is 11.1 Å². The zero-order valence-corrected chi connectivity index (χ0v) is 17.7. The number of ether oxygens (including phenoxy) is 3. The second-order valence-corrected chi connectivity index (χ2v) is 9.05. The molecule has 1 saturated heterocycles. The lowest BCUT2D eigenvalue weighted by Gasteiger charge is -2.32. The molecule has 160 valence electrons. The standard InChI is InChI=1S/C21H24N2O6S/c1-14-3-4-16(11-15(14)2)22-30(25,26)17-5-6-18-19(12-17)28-13-20(29-18)21(24)23-7-9-27-10-8-23/h3-6,11-12,20,22H,7-10,13H2,1-2H3/t20-/m0/s1. The number of sulfonamides is 1. The lowest BCUT2D eigenvalue weighted by atomic mass is 10.1. The van der Waals surface area contributed by atoms with Crippen molar-refractivity contribution in [2.24, 2.45) is 0 Å². The predicted molar refractivity (Wildman–Crippen MR) is 110 cm³/mol. The molecule has 0 bridgehead atoms. The van der Waals surface area contributed by atoms with Crippen molar-refractivity contribution in [3.63, 3.8) is 0 Å². The summed E-state index contributed by atoms with van der Waals surface area (Å²) in [6.45, 7) is 5.96. The number of carbonyl (C=O) groups excluding carboxylic acids is 1. The SMILES string of the molecule is Cc1ccc(NS(=O)(=O)c2ccc3c(c2)OC[C@@H](C(=O)N2CCOCC2)O3)cc1C. The molecule has 0 unspecified atom stereocenters. The monoisotopic (exact) mass is 432 g/mol. The Morgan fingerprint density at radius 3 is 2.53 bits per heavy atom. The first-order valence-electron chi connectivity index (χ1n) is 9.73. The molecule has 0 saturated carbocycles. The Kier molecular flexibility index (Phi) is 5.57. The highest BCUT2D eigenvalue weighted by molar-refractivity contribution is 7.92. The van der Waals surface area contributed by atoms with Crippen LogP contribution in [0.5, 0.6) is 11.5 Å². The molecule has 1 fully saturated rings. The number of aryl methyl sites for hydroxylation is 2. The largest absolute Gasteiger partial charge is 0.485 e. The van der Waals surface area contributed by atoms with Crippen LogP contribution < -0.4 is 14.2 Å². The van der Waals surface area contributed by atoms with Crippen molar-refractivity contribution in [1.82, 2.24) is 4.90 Å². The lowest BCUT2D eigenvalue weighted by molar-refractivity contribution is -0.145. The molecular formula is C21H24N2O6S. The average Bonchev–Trinajstić information content (AvgIpc) is 2.75. The van der Waals surface area contributed by atoms with E-state index in [1.165, 1.54) is 18.2 Å². The van der Waals surface area contributed by atoms with Gasteiger partial charge in [-0.1, -0.05) is 6.07 Å². The lowest BCUT2D eigenvalue weighted by Crippen LogP contribution is -2.50. The molecule has 0 aromatic heterocycles. The number of rotatable bonds is 4. The van der Waals surface area contributed by atoms with E-state index in [-0.39, 0.29) is 17.4 Å². The number of benzene rings is 2. The number of hydrogen-bond acceptors (Lipinski definition) is 6. The molecule has 2 aromatic carbocycles. The Bertz CT molecular complexity index is 1060. The van der Waals surface area contributed by atoms with Crippen LogP contribution in [0.2, 0.25) is 0 Å². The van der Waals surface area contributed by atoms with E-state index in [1.807, 2.05) is 19.9 Å². The smallest absolute Gasteiger partial charge is 0.267 e. The quantitative estimate of drug-likeness (QED) is 0.795. The summed E-state index contributed by atoms with van der Waals surface area (Å²) in [7, 11) is -3.80. The second kappa shape index (κ2) is 8.16. The normalized spacial score (nSPS) is 18.7. The van der Waals surface area contributed by atoms with E-state index in [0.29, 0.717) is 43.5 Å². The fraction of sp³-hybridized carbons (Fsp3) is 0.381. The first-order chi connectivity index (χ1) is 14.3. The fourth-order valence-corrected chi connectivity index (χ4v) is 4.41. The maximum atomic E-state index is 12.8. The maximum Gasteiger partial charge on any atom is 0.267 e. The molecule has 0 radical (unpaired) electrons. The second-order valence-electron chi connectivity index (χ2n) is 7.37. The highest BCUT2D eigenvalue weighted by atomic mass is 32.2. The minimum atomic E-state index is -3.80. The van der Waals surface area contributed by atoms with Crippen LogP contribution in [-0.2, 0) is 19.6 Å². The Morgan fingerprint density at radius 2 is 1.80 bits per heavy atom. The first-order valence-corrected chi connectivity index (χ1v) is 11.2. The number of fused-ring (bicyclic) bond motifs is 1. The topological polar surface area (TPSA) is 94.2 Å². The van der Waals surface area contributed by atoms with Gasteiger partial charge in [0.1, 0.15) is 6.61 Å². The van der Waals surface area contributed by atoms with Crippen LogP contribution in [0.15, 0.2) is 41.3 Å². The van der Waals surface area contributed by atoms with Gasteiger partial charge < -0.3 is 19.1 Å². The van der Waals surface area contributed by atoms with Gasteiger partial charge in [0.25, 0.3) is 15.9 Å². The Labute approximate surface area is 175 Å². The summed E-state index contributed by atoms with van der Waals surface area (Å²) in [6, 6.07) is 9.74. The molecule has 8 nitrogen and oxygen atoms in total. The van der Waals surface area contributed by atoms with Crippen molar-refractivity contribution in [2.45, 2.75) is 24.8 Å². The first kappa shape index (κ1) is 20.5. The van der Waals surface area contributed by atoms with Crippen LogP contribution >= 0.6 is 0 Å². The van der Waals surface area contributed by atoms with E-state index >= 15 is 0 Å². The van der Waals surface area contributed by atoms with Crippen molar-refractivity contribution >= 4 is 21.6 Å². The summed E-state index contributed by atoms with van der Waals surface area (Å²) in [6.07, 6.45) is -0.758. The summed E-state index contributed by atoms with van der Waals surface area (Å²) >= 11 is 0. The summed E-state index contributed by atoms with van der Waals surface area (Å²) < 4.78 is 44.9. The van der Waals surface area contributed by atoms with Crippen molar-refractivity contribution in [2.75, 3.05) is 37.6 Å². The van der Waals surface area contributed by atoms with E-state index in [4.69, 9.17) is 14.2 Å². The van der Waals surface area contributed by atoms with Gasteiger partial charge in [0.2, 0.25) is 6.10 Å². The molecule has 0 aliphatic carbocycles. The van der Waals surface area contributed by atoms with Gasteiger partial charge in [-0.3, -0.25) is 9.52 Å². The van der Waals surface area contributed by atoms with Crippen LogP contribution in [0.4, 0.5) is 5.69 Å². The minimum Gasteiger partial charge on any atom is -0.485 e. The number of amides is 1. The molecule has 2 heterocycles. The number of morpholine rings is 1. The molecule has 9 heteroatoms. The molecule has 1 atom stereocenters. The number of hydrogen-bond donors (Lipinski definition) is 1. The van der Waals surface area contributed by atoms with Gasteiger partial charge in [0, 0.05) is 24.8 Å². The number of anilines is 1. The summed E-state index contributed by atoms with van der Waals surface area (Å²) in [4.78, 5) is 14.3. The Balaban J connectivity index is 1.49. The van der Waals surface area contributed by atoms with Gasteiger partial charge in [-0.2, -0.15) is 0 Å². The molecule has 0 spiro atoms. The highest BCUT2D eigenvalue weighted by Crippen LogP contribution is 2.34. The third-order valence-corrected chi connectivity index (χ3v) is 6.62. The van der Waals surface area contributed by atoms with E-state index < -0.39 is 16.1 Å². The number of carbonyl (C=O) groups is 1. The van der Waals surface area contributed by atoms with Crippen LogP contribution in [0, 0.1) is 13.8 Å². The van der Waals surface area contributed by atoms with E-state index in [9.17, 15) is 13.2 Å².